The van der Waals surface area contributed by atoms with Gasteiger partial charge in [-0.25, -0.2) is 4.98 Å². The number of nitrogens with zero attached hydrogens (tertiary/aromatic N) is 2. The molecule has 0 atom stereocenters. The van der Waals surface area contributed by atoms with Crippen LogP contribution in [0.2, 0.25) is 0 Å². The van der Waals surface area contributed by atoms with Crippen molar-refractivity contribution in [3.8, 4) is 0 Å². The molecule has 0 radical (unpaired) electrons. The van der Waals surface area contributed by atoms with Gasteiger partial charge < -0.3 is 4.98 Å². The number of halogens is 3. The van der Waals surface area contributed by atoms with E-state index in [9.17, 15) is 23.3 Å². The molecule has 0 bridgehead atoms. The second-order valence-electron chi connectivity index (χ2n) is 3.37. The second kappa shape index (κ2) is 4.02. The van der Waals surface area contributed by atoms with Crippen LogP contribution in [0, 0.1) is 14.8 Å². The van der Waals surface area contributed by atoms with Crippen LogP contribution in [0.1, 0.15) is 5.69 Å². The second-order valence-corrected chi connectivity index (χ2v) is 3.78. The van der Waals surface area contributed by atoms with Crippen molar-refractivity contribution < 1.29 is 18.1 Å². The molecule has 2 aromatic rings. The number of hydrogen-bond acceptors (Lipinski definition) is 4. The number of nitro benzene ring substituents is 1. The number of rotatable bonds is 1. The van der Waals surface area contributed by atoms with Gasteiger partial charge in [0.1, 0.15) is 4.64 Å². The zero-order valence-corrected chi connectivity index (χ0v) is 9.30. The molecule has 0 aliphatic rings. The summed E-state index contributed by atoms with van der Waals surface area (Å²) in [5, 5.41) is 10.5. The van der Waals surface area contributed by atoms with Gasteiger partial charge in [-0.15, -0.1) is 0 Å². The van der Waals surface area contributed by atoms with Crippen LogP contribution in [-0.2, 0) is 6.18 Å². The first-order valence-electron chi connectivity index (χ1n) is 4.55. The van der Waals surface area contributed by atoms with Crippen LogP contribution in [0.5, 0.6) is 0 Å². The highest BCUT2D eigenvalue weighted by Gasteiger charge is 2.34. The molecular weight excluding hydrogens is 271 g/mol. The third kappa shape index (κ3) is 2.16. The molecule has 0 saturated heterocycles. The standard InChI is InChI=1S/C9H4F3N3O2S/c10-9(11,12)7-8(18)14-5-2-1-4(15(16)17)3-6(5)13-7/h1-3H,(H,14,18). The maximum absolute atomic E-state index is 12.6. The molecule has 1 N–H and O–H groups in total. The highest BCUT2D eigenvalue weighted by Crippen LogP contribution is 2.29. The molecule has 0 saturated carbocycles. The lowest BCUT2D eigenvalue weighted by Gasteiger charge is -2.07. The van der Waals surface area contributed by atoms with Crippen LogP contribution < -0.4 is 0 Å². The van der Waals surface area contributed by atoms with Gasteiger partial charge in [0.25, 0.3) is 5.69 Å². The Balaban J connectivity index is 2.75. The summed E-state index contributed by atoms with van der Waals surface area (Å²) in [7, 11) is 0. The fourth-order valence-electron chi connectivity index (χ4n) is 1.38. The van der Waals surface area contributed by atoms with E-state index in [4.69, 9.17) is 0 Å². The zero-order chi connectivity index (χ0) is 13.5. The molecule has 0 amide bonds. The number of fused-ring (bicyclic) bond motifs is 1. The Morgan fingerprint density at radius 1 is 1.39 bits per heavy atom. The van der Waals surface area contributed by atoms with Crippen molar-refractivity contribution in [2.75, 3.05) is 0 Å². The van der Waals surface area contributed by atoms with Gasteiger partial charge in [0.2, 0.25) is 0 Å². The third-order valence-electron chi connectivity index (χ3n) is 2.16. The van der Waals surface area contributed by atoms with Crippen molar-refractivity contribution in [2.24, 2.45) is 0 Å². The molecule has 1 aromatic heterocycles. The van der Waals surface area contributed by atoms with E-state index >= 15 is 0 Å². The maximum Gasteiger partial charge on any atom is 0.436 e. The minimum Gasteiger partial charge on any atom is -0.343 e. The van der Waals surface area contributed by atoms with Crippen molar-refractivity contribution in [3.05, 3.63) is 38.6 Å². The number of non-ortho nitro benzene ring substituents is 1. The first kappa shape index (κ1) is 12.4. The predicted molar refractivity (Wildman–Crippen MR) is 58.6 cm³/mol. The Morgan fingerprint density at radius 2 is 2.06 bits per heavy atom. The zero-order valence-electron chi connectivity index (χ0n) is 8.49. The first-order chi connectivity index (χ1) is 8.29. The first-order valence-corrected chi connectivity index (χ1v) is 4.95. The molecule has 94 valence electrons. The molecule has 2 rings (SSSR count). The van der Waals surface area contributed by atoms with Gasteiger partial charge in [-0.2, -0.15) is 13.2 Å². The molecule has 5 nitrogen and oxygen atoms in total. The summed E-state index contributed by atoms with van der Waals surface area (Å²) in [6, 6.07) is 3.37. The lowest BCUT2D eigenvalue weighted by atomic mass is 10.2. The Bertz CT molecular complexity index is 695. The van der Waals surface area contributed by atoms with Crippen LogP contribution in [0.15, 0.2) is 18.2 Å². The number of nitro groups is 1. The lowest BCUT2D eigenvalue weighted by molar-refractivity contribution is -0.384. The summed E-state index contributed by atoms with van der Waals surface area (Å²) in [5.74, 6) is 0. The van der Waals surface area contributed by atoms with Gasteiger partial charge in [-0.3, -0.25) is 10.1 Å². The van der Waals surface area contributed by atoms with Crippen molar-refractivity contribution in [1.82, 2.24) is 9.97 Å². The number of benzene rings is 1. The molecule has 0 fully saturated rings. The molecule has 0 aliphatic carbocycles. The van der Waals surface area contributed by atoms with Crippen LogP contribution in [0.4, 0.5) is 18.9 Å². The minimum atomic E-state index is -4.70. The van der Waals surface area contributed by atoms with Crippen LogP contribution in [0.25, 0.3) is 11.0 Å². The van der Waals surface area contributed by atoms with Gasteiger partial charge in [0.05, 0.1) is 16.0 Å². The summed E-state index contributed by atoms with van der Waals surface area (Å²) in [6.07, 6.45) is -4.70. The van der Waals surface area contributed by atoms with E-state index in [2.05, 4.69) is 22.2 Å². The third-order valence-corrected chi connectivity index (χ3v) is 2.45. The molecule has 18 heavy (non-hydrogen) atoms. The average molecular weight is 275 g/mol. The SMILES string of the molecule is O=[N+]([O-])c1ccc2[nH]c(=S)c(C(F)(F)F)nc2c1. The number of aromatic nitrogens is 2. The van der Waals surface area contributed by atoms with Gasteiger partial charge in [0.15, 0.2) is 5.69 Å². The van der Waals surface area contributed by atoms with Crippen LogP contribution >= 0.6 is 12.2 Å². The Labute approximate surface area is 102 Å². The number of hydrogen-bond donors (Lipinski definition) is 1. The van der Waals surface area contributed by atoms with Gasteiger partial charge in [-0.05, 0) is 6.07 Å². The molecule has 0 aliphatic heterocycles. The largest absolute Gasteiger partial charge is 0.436 e. The number of H-pyrrole nitrogens is 1. The number of alkyl halides is 3. The van der Waals surface area contributed by atoms with Crippen molar-refractivity contribution >= 4 is 28.9 Å². The van der Waals surface area contributed by atoms with Gasteiger partial charge in [0, 0.05) is 12.1 Å². The molecule has 1 aromatic carbocycles. The van der Waals surface area contributed by atoms with Gasteiger partial charge in [-0.1, -0.05) is 12.2 Å². The minimum absolute atomic E-state index is 0.162. The lowest BCUT2D eigenvalue weighted by Crippen LogP contribution is -2.10. The quantitative estimate of drug-likeness (QED) is 0.492. The summed E-state index contributed by atoms with van der Waals surface area (Å²) in [6.45, 7) is 0. The van der Waals surface area contributed by atoms with Crippen LogP contribution in [0.3, 0.4) is 0 Å². The topological polar surface area (TPSA) is 71.8 Å². The van der Waals surface area contributed by atoms with E-state index in [-0.39, 0.29) is 16.7 Å². The number of aromatic amines is 1. The van der Waals surface area contributed by atoms with E-state index in [1.807, 2.05) is 0 Å². The molecule has 9 heteroatoms. The smallest absolute Gasteiger partial charge is 0.343 e. The van der Waals surface area contributed by atoms with E-state index in [0.717, 1.165) is 12.1 Å². The molecule has 0 unspecified atom stereocenters. The monoisotopic (exact) mass is 275 g/mol. The molecular formula is C9H4F3N3O2S. The van der Waals surface area contributed by atoms with Crippen molar-refractivity contribution in [3.63, 3.8) is 0 Å². The van der Waals surface area contributed by atoms with Crippen molar-refractivity contribution in [2.45, 2.75) is 6.18 Å². The van der Waals surface area contributed by atoms with E-state index < -0.39 is 21.4 Å². The predicted octanol–water partition coefficient (Wildman–Crippen LogP) is 3.22. The summed E-state index contributed by atoms with van der Waals surface area (Å²) in [5.41, 5.74) is -1.55. The average Bonchev–Trinajstić information content (AvgIpc) is 2.25. The van der Waals surface area contributed by atoms with E-state index in [1.54, 1.807) is 0 Å². The Morgan fingerprint density at radius 3 is 2.61 bits per heavy atom. The summed E-state index contributed by atoms with van der Waals surface area (Å²) in [4.78, 5) is 15.5. The Kier molecular flexibility index (Phi) is 2.77. The highest BCUT2D eigenvalue weighted by atomic mass is 32.1. The highest BCUT2D eigenvalue weighted by molar-refractivity contribution is 7.71. The van der Waals surface area contributed by atoms with Crippen molar-refractivity contribution in [1.29, 1.82) is 0 Å². The van der Waals surface area contributed by atoms with Crippen LogP contribution in [-0.4, -0.2) is 14.9 Å². The molecule has 1 heterocycles. The van der Waals surface area contributed by atoms with E-state index in [0.29, 0.717) is 0 Å². The fraction of sp³-hybridized carbons (Fsp3) is 0.111. The normalized spacial score (nSPS) is 11.7. The summed E-state index contributed by atoms with van der Waals surface area (Å²) < 4.78 is 37.1. The maximum atomic E-state index is 12.6. The number of nitrogens with one attached hydrogen (secondary N) is 1. The summed E-state index contributed by atoms with van der Waals surface area (Å²) >= 11 is 4.54. The van der Waals surface area contributed by atoms with Gasteiger partial charge >= 0.3 is 6.18 Å². The Hall–Kier alpha value is -2.03. The van der Waals surface area contributed by atoms with E-state index in [1.165, 1.54) is 6.07 Å². The molecule has 0 spiro atoms. The fourth-order valence-corrected chi connectivity index (χ4v) is 1.65.